The molecule has 3 rings (SSSR count). The summed E-state index contributed by atoms with van der Waals surface area (Å²) in [5.74, 6) is -0.907. The number of carboxylic acids is 1. The van der Waals surface area contributed by atoms with E-state index in [1.807, 2.05) is 12.1 Å². The average molecular weight is 326 g/mol. The van der Waals surface area contributed by atoms with E-state index in [0.717, 1.165) is 30.0 Å². The minimum absolute atomic E-state index is 0.325. The van der Waals surface area contributed by atoms with Gasteiger partial charge in [-0.25, -0.2) is 4.79 Å². The van der Waals surface area contributed by atoms with E-state index in [4.69, 9.17) is 4.74 Å². The van der Waals surface area contributed by atoms with Crippen molar-refractivity contribution < 1.29 is 14.6 Å². The quantitative estimate of drug-likeness (QED) is 0.884. The number of morpholine rings is 1. The maximum absolute atomic E-state index is 11.6. The molecule has 0 radical (unpaired) electrons. The Hall–Kier alpha value is -2.53. The van der Waals surface area contributed by atoms with E-state index >= 15 is 0 Å². The lowest BCUT2D eigenvalue weighted by molar-refractivity contribution is 0.0696. The van der Waals surface area contributed by atoms with Crippen molar-refractivity contribution >= 4 is 17.3 Å². The molecule has 1 aliphatic heterocycles. The van der Waals surface area contributed by atoms with E-state index in [0.29, 0.717) is 25.3 Å². The molecule has 0 amide bonds. The van der Waals surface area contributed by atoms with Crippen LogP contribution in [-0.4, -0.2) is 37.4 Å². The van der Waals surface area contributed by atoms with Crippen molar-refractivity contribution in [3.05, 3.63) is 59.2 Å². The van der Waals surface area contributed by atoms with Crippen LogP contribution in [0.2, 0.25) is 0 Å². The third-order valence-electron chi connectivity index (χ3n) is 4.20. The average Bonchev–Trinajstić information content (AvgIpc) is 2.62. The van der Waals surface area contributed by atoms with Crippen LogP contribution < -0.4 is 10.2 Å². The fraction of sp³-hybridized carbons (Fsp3) is 0.316. The molecule has 0 unspecified atom stereocenters. The summed E-state index contributed by atoms with van der Waals surface area (Å²) in [5.41, 5.74) is 4.28. The van der Waals surface area contributed by atoms with Crippen molar-refractivity contribution in [2.45, 2.75) is 13.5 Å². The van der Waals surface area contributed by atoms with E-state index in [9.17, 15) is 9.90 Å². The third kappa shape index (κ3) is 3.86. The maximum atomic E-state index is 11.6. The lowest BCUT2D eigenvalue weighted by Crippen LogP contribution is -2.37. The number of aryl methyl sites for hydroxylation is 1. The fourth-order valence-corrected chi connectivity index (χ4v) is 2.81. The molecule has 2 aromatic carbocycles. The lowest BCUT2D eigenvalue weighted by Gasteiger charge is -2.30. The summed E-state index contributed by atoms with van der Waals surface area (Å²) in [6.45, 7) is 5.42. The van der Waals surface area contributed by atoms with Crippen LogP contribution in [0.1, 0.15) is 21.5 Å². The van der Waals surface area contributed by atoms with Gasteiger partial charge in [0.2, 0.25) is 0 Å². The van der Waals surface area contributed by atoms with Crippen LogP contribution >= 0.6 is 0 Å². The minimum Gasteiger partial charge on any atom is -0.478 e. The number of nitrogens with one attached hydrogen (secondary N) is 1. The molecule has 5 heteroatoms. The van der Waals surface area contributed by atoms with Crippen molar-refractivity contribution in [1.82, 2.24) is 0 Å². The van der Waals surface area contributed by atoms with Gasteiger partial charge in [-0.2, -0.15) is 0 Å². The van der Waals surface area contributed by atoms with Crippen molar-refractivity contribution in [2.24, 2.45) is 0 Å². The Bertz CT molecular complexity index is 707. The Balaban J connectivity index is 1.75. The number of hydrogen-bond donors (Lipinski definition) is 2. The summed E-state index contributed by atoms with van der Waals surface area (Å²) in [4.78, 5) is 13.7. The van der Waals surface area contributed by atoms with E-state index < -0.39 is 5.97 Å². The summed E-state index contributed by atoms with van der Waals surface area (Å²) in [6, 6.07) is 13.8. The monoisotopic (exact) mass is 326 g/mol. The molecule has 1 saturated heterocycles. The SMILES string of the molecule is Cc1ccc(CNc2ccc(N3CCOCC3)c(C(=O)O)c2)cc1. The molecule has 0 aromatic heterocycles. The highest BCUT2D eigenvalue weighted by atomic mass is 16.5. The summed E-state index contributed by atoms with van der Waals surface area (Å²) in [5, 5.41) is 12.9. The molecule has 126 valence electrons. The molecule has 1 aliphatic rings. The normalized spacial score (nSPS) is 14.5. The van der Waals surface area contributed by atoms with Crippen LogP contribution in [0.25, 0.3) is 0 Å². The number of ether oxygens (including phenoxy) is 1. The molecule has 1 heterocycles. The molecule has 0 aliphatic carbocycles. The zero-order valence-electron chi connectivity index (χ0n) is 13.8. The van der Waals surface area contributed by atoms with Crippen LogP contribution in [-0.2, 0) is 11.3 Å². The standard InChI is InChI=1S/C19H22N2O3/c1-14-2-4-15(5-3-14)13-20-16-6-7-18(17(12-16)19(22)23)21-8-10-24-11-9-21/h2-7,12,20H,8-11,13H2,1H3,(H,22,23). The van der Waals surface area contributed by atoms with Gasteiger partial charge in [-0.05, 0) is 30.7 Å². The molecule has 1 fully saturated rings. The number of carboxylic acid groups (broad SMARTS) is 1. The fourth-order valence-electron chi connectivity index (χ4n) is 2.81. The smallest absolute Gasteiger partial charge is 0.337 e. The molecule has 0 saturated carbocycles. The highest BCUT2D eigenvalue weighted by Crippen LogP contribution is 2.25. The number of anilines is 2. The number of carbonyl (C=O) groups is 1. The second kappa shape index (κ2) is 7.36. The molecule has 5 nitrogen and oxygen atoms in total. The Morgan fingerprint density at radius 1 is 1.17 bits per heavy atom. The van der Waals surface area contributed by atoms with Crippen molar-refractivity contribution in [1.29, 1.82) is 0 Å². The van der Waals surface area contributed by atoms with Gasteiger partial charge in [0.15, 0.2) is 0 Å². The first-order valence-electron chi connectivity index (χ1n) is 8.13. The van der Waals surface area contributed by atoms with Gasteiger partial charge in [0.05, 0.1) is 24.5 Å². The molecule has 24 heavy (non-hydrogen) atoms. The molecular weight excluding hydrogens is 304 g/mol. The molecule has 0 atom stereocenters. The van der Waals surface area contributed by atoms with E-state index in [1.165, 1.54) is 5.56 Å². The molecule has 2 aromatic rings. The third-order valence-corrected chi connectivity index (χ3v) is 4.20. The molecule has 0 bridgehead atoms. The van der Waals surface area contributed by atoms with Crippen LogP contribution in [0, 0.1) is 6.92 Å². The summed E-state index contributed by atoms with van der Waals surface area (Å²) in [6.07, 6.45) is 0. The van der Waals surface area contributed by atoms with Crippen LogP contribution in [0.3, 0.4) is 0 Å². The zero-order chi connectivity index (χ0) is 16.9. The Kier molecular flexibility index (Phi) is 5.01. The number of hydrogen-bond acceptors (Lipinski definition) is 4. The predicted octanol–water partition coefficient (Wildman–Crippen LogP) is 3.14. The van der Waals surface area contributed by atoms with Gasteiger partial charge in [0.1, 0.15) is 0 Å². The van der Waals surface area contributed by atoms with Gasteiger partial charge < -0.3 is 20.1 Å². The van der Waals surface area contributed by atoms with Crippen molar-refractivity contribution in [3.8, 4) is 0 Å². The van der Waals surface area contributed by atoms with Gasteiger partial charge >= 0.3 is 5.97 Å². The Labute approximate surface area is 141 Å². The summed E-state index contributed by atoms with van der Waals surface area (Å²) in [7, 11) is 0. The van der Waals surface area contributed by atoms with Gasteiger partial charge in [-0.3, -0.25) is 0 Å². The number of nitrogens with zero attached hydrogens (tertiary/aromatic N) is 1. The number of aromatic carboxylic acids is 1. The van der Waals surface area contributed by atoms with Crippen molar-refractivity contribution in [2.75, 3.05) is 36.5 Å². The summed E-state index contributed by atoms with van der Waals surface area (Å²) < 4.78 is 5.34. The Morgan fingerprint density at radius 3 is 2.54 bits per heavy atom. The van der Waals surface area contributed by atoms with E-state index in [2.05, 4.69) is 41.4 Å². The highest BCUT2D eigenvalue weighted by Gasteiger charge is 2.18. The highest BCUT2D eigenvalue weighted by molar-refractivity contribution is 5.95. The van der Waals surface area contributed by atoms with Gasteiger partial charge in [-0.1, -0.05) is 29.8 Å². The topological polar surface area (TPSA) is 61.8 Å². The van der Waals surface area contributed by atoms with Crippen LogP contribution in [0.4, 0.5) is 11.4 Å². The molecule has 2 N–H and O–H groups in total. The van der Waals surface area contributed by atoms with Gasteiger partial charge in [0.25, 0.3) is 0 Å². The molecule has 0 spiro atoms. The Morgan fingerprint density at radius 2 is 1.88 bits per heavy atom. The summed E-state index contributed by atoms with van der Waals surface area (Å²) >= 11 is 0. The lowest BCUT2D eigenvalue weighted by atomic mass is 10.1. The number of rotatable bonds is 5. The molecular formula is C19H22N2O3. The second-order valence-electron chi connectivity index (χ2n) is 5.98. The largest absolute Gasteiger partial charge is 0.478 e. The first kappa shape index (κ1) is 16.3. The number of benzene rings is 2. The van der Waals surface area contributed by atoms with Crippen LogP contribution in [0.5, 0.6) is 0 Å². The predicted molar refractivity (Wildman–Crippen MR) is 94.9 cm³/mol. The second-order valence-corrected chi connectivity index (χ2v) is 5.98. The van der Waals surface area contributed by atoms with E-state index in [1.54, 1.807) is 6.07 Å². The minimum atomic E-state index is -0.907. The first-order valence-corrected chi connectivity index (χ1v) is 8.13. The zero-order valence-corrected chi connectivity index (χ0v) is 13.8. The van der Waals surface area contributed by atoms with Gasteiger partial charge in [0, 0.05) is 25.3 Å². The van der Waals surface area contributed by atoms with E-state index in [-0.39, 0.29) is 0 Å². The van der Waals surface area contributed by atoms with Crippen LogP contribution in [0.15, 0.2) is 42.5 Å². The van der Waals surface area contributed by atoms with Gasteiger partial charge in [-0.15, -0.1) is 0 Å². The maximum Gasteiger partial charge on any atom is 0.337 e. The van der Waals surface area contributed by atoms with Crippen molar-refractivity contribution in [3.63, 3.8) is 0 Å². The first-order chi connectivity index (χ1) is 11.6.